The first-order chi connectivity index (χ1) is 5.18. The van der Waals surface area contributed by atoms with Gasteiger partial charge in [-0.15, -0.1) is 0 Å². The van der Waals surface area contributed by atoms with E-state index in [1.807, 2.05) is 19.9 Å². The fraction of sp³-hybridized carbons (Fsp3) is 0.375. The van der Waals surface area contributed by atoms with Crippen molar-refractivity contribution in [2.45, 2.75) is 19.9 Å². The summed E-state index contributed by atoms with van der Waals surface area (Å²) in [4.78, 5) is 14.3. The summed E-state index contributed by atoms with van der Waals surface area (Å²) in [5, 5.41) is 2.82. The molecule has 1 aromatic rings. The molecule has 0 spiro atoms. The number of amides is 1. The lowest BCUT2D eigenvalue weighted by atomic mass is 10.2. The van der Waals surface area contributed by atoms with Crippen molar-refractivity contribution in [3.8, 4) is 0 Å². The van der Waals surface area contributed by atoms with Gasteiger partial charge >= 0.3 is 0 Å². The fourth-order valence-electron chi connectivity index (χ4n) is 1.49. The Bertz CT molecular complexity index is 314. The molecule has 0 saturated carbocycles. The number of aromatic nitrogens is 1. The molecule has 0 bridgehead atoms. The molecular formula is C8H10N2O. The van der Waals surface area contributed by atoms with Gasteiger partial charge in [0.1, 0.15) is 0 Å². The highest BCUT2D eigenvalue weighted by atomic mass is 16.2. The minimum atomic E-state index is 0.0388. The molecule has 0 fully saturated rings. The van der Waals surface area contributed by atoms with E-state index in [1.165, 1.54) is 0 Å². The molecule has 0 radical (unpaired) electrons. The Balaban J connectivity index is 2.58. The highest BCUT2D eigenvalue weighted by molar-refractivity contribution is 5.98. The second kappa shape index (κ2) is 1.87. The average Bonchev–Trinajstić information content (AvgIpc) is 2.38. The third-order valence-electron chi connectivity index (χ3n) is 2.01. The molecule has 1 amide bonds. The molecule has 0 unspecified atom stereocenters. The number of hydrogen-bond donors (Lipinski definition) is 2. The SMILES string of the molecule is Cc1cc2c([nH]1)[C@H](C)NC2=O. The molecule has 1 aliphatic rings. The van der Waals surface area contributed by atoms with Crippen LogP contribution in [-0.2, 0) is 0 Å². The Kier molecular flexibility index (Phi) is 1.10. The van der Waals surface area contributed by atoms with E-state index < -0.39 is 0 Å². The van der Waals surface area contributed by atoms with Crippen LogP contribution < -0.4 is 5.32 Å². The Morgan fingerprint density at radius 1 is 1.55 bits per heavy atom. The molecule has 1 aromatic heterocycles. The summed E-state index contributed by atoms with van der Waals surface area (Å²) in [5.41, 5.74) is 2.87. The molecule has 58 valence electrons. The monoisotopic (exact) mass is 150 g/mol. The van der Waals surface area contributed by atoms with Gasteiger partial charge < -0.3 is 10.3 Å². The van der Waals surface area contributed by atoms with Gasteiger partial charge in [-0.3, -0.25) is 4.79 Å². The summed E-state index contributed by atoms with van der Waals surface area (Å²) >= 11 is 0. The maximum atomic E-state index is 11.2. The second-order valence-corrected chi connectivity index (χ2v) is 2.97. The quantitative estimate of drug-likeness (QED) is 0.572. The summed E-state index contributed by atoms with van der Waals surface area (Å²) < 4.78 is 0. The largest absolute Gasteiger partial charge is 0.360 e. The van der Waals surface area contributed by atoms with Gasteiger partial charge in [0.05, 0.1) is 17.3 Å². The van der Waals surface area contributed by atoms with Crippen LogP contribution in [0.4, 0.5) is 0 Å². The summed E-state index contributed by atoms with van der Waals surface area (Å²) in [7, 11) is 0. The van der Waals surface area contributed by atoms with Crippen molar-refractivity contribution >= 4 is 5.91 Å². The lowest BCUT2D eigenvalue weighted by Crippen LogP contribution is -2.17. The molecule has 3 heteroatoms. The van der Waals surface area contributed by atoms with E-state index in [9.17, 15) is 4.79 Å². The van der Waals surface area contributed by atoms with E-state index in [1.54, 1.807) is 0 Å². The van der Waals surface area contributed by atoms with Crippen LogP contribution in [0, 0.1) is 6.92 Å². The number of carbonyl (C=O) groups excluding carboxylic acids is 1. The Morgan fingerprint density at radius 2 is 2.27 bits per heavy atom. The van der Waals surface area contributed by atoms with Gasteiger partial charge in [0, 0.05) is 5.69 Å². The Labute approximate surface area is 64.8 Å². The van der Waals surface area contributed by atoms with Crippen LogP contribution in [0.5, 0.6) is 0 Å². The summed E-state index contributed by atoms with van der Waals surface area (Å²) in [6.07, 6.45) is 0. The molecule has 0 saturated heterocycles. The summed E-state index contributed by atoms with van der Waals surface area (Å²) in [5.74, 6) is 0.0388. The second-order valence-electron chi connectivity index (χ2n) is 2.97. The molecule has 0 aromatic carbocycles. The average molecular weight is 150 g/mol. The molecular weight excluding hydrogens is 140 g/mol. The number of aryl methyl sites for hydroxylation is 1. The van der Waals surface area contributed by atoms with Gasteiger partial charge in [0.25, 0.3) is 5.91 Å². The maximum Gasteiger partial charge on any atom is 0.253 e. The van der Waals surface area contributed by atoms with Gasteiger partial charge in [-0.1, -0.05) is 0 Å². The topological polar surface area (TPSA) is 44.9 Å². The van der Waals surface area contributed by atoms with Crippen molar-refractivity contribution in [3.05, 3.63) is 23.0 Å². The molecule has 2 heterocycles. The maximum absolute atomic E-state index is 11.2. The Hall–Kier alpha value is -1.25. The normalized spacial score (nSPS) is 21.6. The van der Waals surface area contributed by atoms with E-state index in [-0.39, 0.29) is 11.9 Å². The van der Waals surface area contributed by atoms with Crippen LogP contribution in [-0.4, -0.2) is 10.9 Å². The van der Waals surface area contributed by atoms with Crippen molar-refractivity contribution in [1.82, 2.24) is 10.3 Å². The highest BCUT2D eigenvalue weighted by Gasteiger charge is 2.26. The van der Waals surface area contributed by atoms with E-state index in [0.717, 1.165) is 17.0 Å². The van der Waals surface area contributed by atoms with Crippen LogP contribution in [0.15, 0.2) is 6.07 Å². The zero-order chi connectivity index (χ0) is 8.01. The number of aromatic amines is 1. The number of hydrogen-bond acceptors (Lipinski definition) is 1. The van der Waals surface area contributed by atoms with Crippen LogP contribution in [0.3, 0.4) is 0 Å². The number of carbonyl (C=O) groups is 1. The number of fused-ring (bicyclic) bond motifs is 1. The first kappa shape index (κ1) is 6.46. The van der Waals surface area contributed by atoms with Gasteiger partial charge in [-0.2, -0.15) is 0 Å². The van der Waals surface area contributed by atoms with Gasteiger partial charge in [-0.25, -0.2) is 0 Å². The molecule has 1 atom stereocenters. The van der Waals surface area contributed by atoms with Crippen LogP contribution in [0.2, 0.25) is 0 Å². The predicted molar refractivity (Wildman–Crippen MR) is 41.4 cm³/mol. The fourth-order valence-corrected chi connectivity index (χ4v) is 1.49. The van der Waals surface area contributed by atoms with Crippen molar-refractivity contribution in [1.29, 1.82) is 0 Å². The minimum Gasteiger partial charge on any atom is -0.360 e. The van der Waals surface area contributed by atoms with E-state index in [0.29, 0.717) is 0 Å². The van der Waals surface area contributed by atoms with Crippen LogP contribution >= 0.6 is 0 Å². The lowest BCUT2D eigenvalue weighted by molar-refractivity contribution is 0.0958. The Morgan fingerprint density at radius 3 is 2.91 bits per heavy atom. The summed E-state index contributed by atoms with van der Waals surface area (Å²) in [6, 6.07) is 2.03. The first-order valence-corrected chi connectivity index (χ1v) is 3.69. The molecule has 0 aliphatic carbocycles. The van der Waals surface area contributed by atoms with Crippen LogP contribution in [0.1, 0.15) is 34.7 Å². The predicted octanol–water partition coefficient (Wildman–Crippen LogP) is 1.13. The smallest absolute Gasteiger partial charge is 0.253 e. The molecule has 1 aliphatic heterocycles. The van der Waals surface area contributed by atoms with E-state index >= 15 is 0 Å². The lowest BCUT2D eigenvalue weighted by Gasteiger charge is -2.00. The zero-order valence-electron chi connectivity index (χ0n) is 6.56. The summed E-state index contributed by atoms with van der Waals surface area (Å²) in [6.45, 7) is 3.93. The molecule has 2 N–H and O–H groups in total. The molecule has 3 nitrogen and oxygen atoms in total. The third kappa shape index (κ3) is 0.770. The molecule has 11 heavy (non-hydrogen) atoms. The van der Waals surface area contributed by atoms with Crippen molar-refractivity contribution < 1.29 is 4.79 Å². The highest BCUT2D eigenvalue weighted by Crippen LogP contribution is 2.24. The standard InChI is InChI=1S/C8H10N2O/c1-4-3-6-7(9-4)5(2)10-8(6)11/h3,5,9H,1-2H3,(H,10,11)/t5-/m0/s1. The number of H-pyrrole nitrogens is 1. The van der Waals surface area contributed by atoms with Gasteiger partial charge in [0.2, 0.25) is 0 Å². The van der Waals surface area contributed by atoms with Crippen molar-refractivity contribution in [2.75, 3.05) is 0 Å². The van der Waals surface area contributed by atoms with Crippen LogP contribution in [0.25, 0.3) is 0 Å². The first-order valence-electron chi connectivity index (χ1n) is 3.69. The van der Waals surface area contributed by atoms with E-state index in [4.69, 9.17) is 0 Å². The van der Waals surface area contributed by atoms with Gasteiger partial charge in [0.15, 0.2) is 0 Å². The van der Waals surface area contributed by atoms with Gasteiger partial charge in [-0.05, 0) is 19.9 Å². The van der Waals surface area contributed by atoms with Crippen molar-refractivity contribution in [3.63, 3.8) is 0 Å². The number of rotatable bonds is 0. The minimum absolute atomic E-state index is 0.0388. The van der Waals surface area contributed by atoms with Crippen molar-refractivity contribution in [2.24, 2.45) is 0 Å². The molecule has 2 rings (SSSR count). The third-order valence-corrected chi connectivity index (χ3v) is 2.01. The number of nitrogens with one attached hydrogen (secondary N) is 2. The van der Waals surface area contributed by atoms with E-state index in [2.05, 4.69) is 10.3 Å². The zero-order valence-corrected chi connectivity index (χ0v) is 6.56.